The summed E-state index contributed by atoms with van der Waals surface area (Å²) in [5.41, 5.74) is 3.17. The maximum atomic E-state index is 15.3. The van der Waals surface area contributed by atoms with Gasteiger partial charge in [-0.3, -0.25) is 43.2 Å². The van der Waals surface area contributed by atoms with Crippen molar-refractivity contribution in [1.29, 1.82) is 0 Å². The molecule has 35 nitrogen and oxygen atoms in total. The summed E-state index contributed by atoms with van der Waals surface area (Å²) in [6.07, 6.45) is -9.86. The summed E-state index contributed by atoms with van der Waals surface area (Å²) >= 11 is 0. The molecule has 0 spiro atoms. The second-order valence-corrected chi connectivity index (χ2v) is 26.4. The molecule has 0 radical (unpaired) electrons. The predicted octanol–water partition coefficient (Wildman–Crippen LogP) is 1.05. The molecule has 113 heavy (non-hydrogen) atoms. The van der Waals surface area contributed by atoms with Crippen molar-refractivity contribution >= 4 is 83.6 Å². The number of hydrogen-bond donors (Lipinski definition) is 16. The maximum Gasteiger partial charge on any atom is 0.408 e. The fourth-order valence-electron chi connectivity index (χ4n) is 10.8. The van der Waals surface area contributed by atoms with E-state index in [0.717, 1.165) is 13.8 Å². The van der Waals surface area contributed by atoms with Gasteiger partial charge >= 0.3 is 30.5 Å². The zero-order valence-corrected chi connectivity index (χ0v) is 62.4. The molecule has 1 aliphatic heterocycles. The van der Waals surface area contributed by atoms with Gasteiger partial charge in [0.1, 0.15) is 87.4 Å². The van der Waals surface area contributed by atoms with Gasteiger partial charge in [-0.2, -0.15) is 0 Å². The van der Waals surface area contributed by atoms with E-state index in [-0.39, 0.29) is 45.9 Å². The van der Waals surface area contributed by atoms with Gasteiger partial charge in [0.25, 0.3) is 0 Å². The Morgan fingerprint density at radius 3 is 1.09 bits per heavy atom. The fraction of sp³-hybridized carbons (Fsp3) is 0.359. The van der Waals surface area contributed by atoms with Crippen LogP contribution in [0.5, 0.6) is 0 Å². The molecular weight excluding hydrogens is 1470 g/mol. The fourth-order valence-corrected chi connectivity index (χ4v) is 10.8. The predicted molar refractivity (Wildman–Crippen MR) is 403 cm³/mol. The van der Waals surface area contributed by atoms with Gasteiger partial charge in [-0.25, -0.2) is 24.0 Å². The number of amides is 14. The molecule has 1 heterocycles. The molecule has 1 fully saturated rings. The largest absolute Gasteiger partial charge is 0.445 e. The summed E-state index contributed by atoms with van der Waals surface area (Å²) in [7, 11) is 0. The van der Waals surface area contributed by atoms with E-state index in [2.05, 4.69) is 74.4 Å². The van der Waals surface area contributed by atoms with Crippen molar-refractivity contribution in [3.8, 4) is 0 Å². The molecule has 14 amide bonds. The van der Waals surface area contributed by atoms with Crippen LogP contribution in [0, 0.1) is 5.92 Å². The lowest BCUT2D eigenvalue weighted by Gasteiger charge is -2.30. The van der Waals surface area contributed by atoms with Gasteiger partial charge in [0, 0.05) is 13.0 Å². The van der Waals surface area contributed by atoms with E-state index in [1.54, 1.807) is 196 Å². The van der Waals surface area contributed by atoms with E-state index in [4.69, 9.17) is 23.7 Å². The monoisotopic (exact) mass is 1560 g/mol. The lowest BCUT2D eigenvalue weighted by molar-refractivity contribution is -0.137. The second kappa shape index (κ2) is 45.7. The van der Waals surface area contributed by atoms with E-state index >= 15 is 19.2 Å². The molecule has 16 N–H and O–H groups in total. The molecule has 1 saturated heterocycles. The third kappa shape index (κ3) is 31.0. The van der Waals surface area contributed by atoms with Gasteiger partial charge in [-0.1, -0.05) is 196 Å². The highest BCUT2D eigenvalue weighted by Crippen LogP contribution is 2.13. The molecule has 0 saturated carbocycles. The van der Waals surface area contributed by atoms with Crippen molar-refractivity contribution in [3.05, 3.63) is 215 Å². The average molecular weight is 1560 g/mol. The van der Waals surface area contributed by atoms with Crippen molar-refractivity contribution in [2.45, 2.75) is 140 Å². The van der Waals surface area contributed by atoms with Gasteiger partial charge < -0.3 is 108 Å². The van der Waals surface area contributed by atoms with Gasteiger partial charge in [0.05, 0.1) is 38.4 Å². The van der Waals surface area contributed by atoms with Crippen molar-refractivity contribution in [3.63, 3.8) is 0 Å². The lowest BCUT2D eigenvalue weighted by atomic mass is 10.0. The van der Waals surface area contributed by atoms with Crippen LogP contribution in [0.15, 0.2) is 182 Å². The minimum Gasteiger partial charge on any atom is -0.445 e. The van der Waals surface area contributed by atoms with Crippen LogP contribution in [-0.4, -0.2) is 193 Å². The number of ether oxygens (including phenoxy) is 5. The Bertz CT molecular complexity index is 4140. The normalized spacial score (nSPS) is 18.9. The van der Waals surface area contributed by atoms with Crippen molar-refractivity contribution in [1.82, 2.24) is 74.4 Å². The van der Waals surface area contributed by atoms with Gasteiger partial charge in [-0.15, -0.1) is 0 Å². The van der Waals surface area contributed by atoms with Crippen molar-refractivity contribution < 1.29 is 101 Å². The molecule has 6 aromatic rings. The Morgan fingerprint density at radius 1 is 0.381 bits per heavy atom. The molecule has 1 aliphatic rings. The maximum absolute atomic E-state index is 15.3. The van der Waals surface area contributed by atoms with Crippen LogP contribution < -0.4 is 74.4 Å². The van der Waals surface area contributed by atoms with Crippen molar-refractivity contribution in [2.24, 2.45) is 5.92 Å². The molecule has 0 bridgehead atoms. The van der Waals surface area contributed by atoms with Crippen LogP contribution in [-0.2, 0) is 106 Å². The first-order chi connectivity index (χ1) is 54.3. The number of aliphatic hydroxyl groups excluding tert-OH is 2. The highest BCUT2D eigenvalue weighted by atomic mass is 16.6. The Kier molecular flexibility index (Phi) is 35.2. The Balaban J connectivity index is 1.30. The zero-order chi connectivity index (χ0) is 81.6. The Labute approximate surface area is 650 Å². The quantitative estimate of drug-likeness (QED) is 0.0292. The van der Waals surface area contributed by atoms with Crippen LogP contribution >= 0.6 is 0 Å². The average Bonchev–Trinajstić information content (AvgIpc) is 0.843. The summed E-state index contributed by atoms with van der Waals surface area (Å²) < 4.78 is 26.8. The first kappa shape index (κ1) is 87.1. The van der Waals surface area contributed by atoms with Crippen LogP contribution in [0.1, 0.15) is 67.5 Å². The number of aliphatic hydroxyl groups is 2. The number of rotatable bonds is 29. The van der Waals surface area contributed by atoms with E-state index < -0.39 is 189 Å². The van der Waals surface area contributed by atoms with E-state index in [1.165, 1.54) is 0 Å². The highest BCUT2D eigenvalue weighted by molar-refractivity contribution is 6.00. The molecule has 6 aromatic carbocycles. The van der Waals surface area contributed by atoms with Crippen LogP contribution in [0.4, 0.5) is 24.0 Å². The Hall–Kier alpha value is -13.2. The number of carbonyl (C=O) groups is 14. The standard InChI is InChI=1S/C78H94N14O21/c1-47(2)35-56-65(95)86-60(39-81-75(105)110-43-52-27-15-7-16-28-52)69(99)89-62(41-83-77(107)112-45-54-31-19-9-20-32-54)71(101)91-63(48(3)93)72(102)79-37-58(68(98)88-59(38-80-74(104)109-42-51-25-13-6-14-26-51)67(97)85-57(66(96)84-56)36-50-23-11-5-12-24-50)87-70(100)61(40-82-76(106)111-44-53-29-17-8-18-30-53)90-73(103)64(49(4)94)92-78(108)113-46-55-33-21-10-22-34-55/h5-34,47-49,56-64,93-94H,35-46H2,1-4H3,(H,79,102)(H,80,104)(H,81,105)(H,82,106)(H,83,107)(H,84,96)(H,85,97)(H,86,95)(H,87,100)(H,88,98)(H,89,99)(H,90,103)(H,91,101)(H,92,108)/t48-,49-,56+,57-,58+,59+,60+,61+,62+,63-,64+/m1/s1. The first-order valence-electron chi connectivity index (χ1n) is 36.1. The first-order valence-corrected chi connectivity index (χ1v) is 36.1. The van der Waals surface area contributed by atoms with Gasteiger partial charge in [-0.05, 0) is 59.6 Å². The Morgan fingerprint density at radius 2 is 0.708 bits per heavy atom. The molecule has 7 rings (SSSR count). The number of alkyl carbamates (subject to hydrolysis) is 5. The summed E-state index contributed by atoms with van der Waals surface area (Å²) in [5.74, 6) is -11.7. The summed E-state index contributed by atoms with van der Waals surface area (Å²) in [6.45, 7) is -0.361. The van der Waals surface area contributed by atoms with Crippen LogP contribution in [0.25, 0.3) is 0 Å². The number of benzene rings is 6. The number of nitrogens with one attached hydrogen (secondary N) is 14. The van der Waals surface area contributed by atoms with E-state index in [0.29, 0.717) is 33.4 Å². The van der Waals surface area contributed by atoms with E-state index in [9.17, 15) is 58.2 Å². The molecule has 35 heteroatoms. The summed E-state index contributed by atoms with van der Waals surface area (Å²) in [4.78, 5) is 201. The smallest absolute Gasteiger partial charge is 0.408 e. The van der Waals surface area contributed by atoms with Gasteiger partial charge in [0.15, 0.2) is 0 Å². The van der Waals surface area contributed by atoms with Crippen LogP contribution in [0.2, 0.25) is 0 Å². The molecule has 0 aliphatic carbocycles. The minimum absolute atomic E-state index is 0.172. The SMILES string of the molecule is CC(C)C[C@@H]1NC(=O)[C@@H](Cc2ccccc2)NC(=O)[C@H](CNC(=O)OCc2ccccc2)NC(=O)[C@@H](NC(=O)[C@H](CNC(=O)OCc2ccccc2)NC(=O)[C@@H](NC(=O)OCc2ccccc2)[C@@H](C)O)CNC(=O)[C@@H]([C@@H](C)O)NC(=O)[C@H](CNC(=O)OCc2ccccc2)NC(=O)[C@H](CNC(=O)OCc2ccccc2)NC1=O. The van der Waals surface area contributed by atoms with Gasteiger partial charge in [0.2, 0.25) is 53.2 Å². The molecule has 0 aromatic heterocycles. The third-order valence-corrected chi connectivity index (χ3v) is 16.9. The minimum atomic E-state index is -2.20. The summed E-state index contributed by atoms with van der Waals surface area (Å²) in [6, 6.07) is 32.6. The van der Waals surface area contributed by atoms with E-state index in [1.807, 2.05) is 0 Å². The third-order valence-electron chi connectivity index (χ3n) is 16.9. The van der Waals surface area contributed by atoms with Crippen LogP contribution in [0.3, 0.4) is 0 Å². The molecular formula is C78H94N14O21. The molecule has 0 unspecified atom stereocenters. The lowest BCUT2D eigenvalue weighted by Crippen LogP contribution is -2.65. The molecule has 11 atom stereocenters. The zero-order valence-electron chi connectivity index (χ0n) is 62.4. The number of hydrogen-bond acceptors (Lipinski definition) is 21. The van der Waals surface area contributed by atoms with Crippen molar-refractivity contribution in [2.75, 3.05) is 32.7 Å². The molecule has 602 valence electrons. The topological polar surface area (TPSA) is 494 Å². The second-order valence-electron chi connectivity index (χ2n) is 26.4. The number of carbonyl (C=O) groups excluding carboxylic acids is 14. The summed E-state index contributed by atoms with van der Waals surface area (Å²) in [5, 5.41) is 56.0. The highest BCUT2D eigenvalue weighted by Gasteiger charge is 2.39.